The molecule has 3 aromatic rings. The topological polar surface area (TPSA) is 112 Å². The summed E-state index contributed by atoms with van der Waals surface area (Å²) in [4.78, 5) is 12.8. The van der Waals surface area contributed by atoms with Crippen LogP contribution in [0.5, 0.6) is 0 Å². The van der Waals surface area contributed by atoms with Crippen molar-refractivity contribution in [1.29, 1.82) is 0 Å². The largest absolute Gasteiger partial charge is 0.388 e. The van der Waals surface area contributed by atoms with Gasteiger partial charge in [0, 0.05) is 18.6 Å². The van der Waals surface area contributed by atoms with Crippen LogP contribution in [0.25, 0.3) is 11.1 Å². The highest BCUT2D eigenvalue weighted by Crippen LogP contribution is 2.27. The molecule has 1 unspecified atom stereocenters. The molecule has 214 valence electrons. The molecular weight excluding hydrogens is 532 g/mol. The van der Waals surface area contributed by atoms with Gasteiger partial charge in [-0.15, -0.1) is 0 Å². The lowest BCUT2D eigenvalue weighted by Gasteiger charge is -2.44. The second-order valence-electron chi connectivity index (χ2n) is 9.75. The number of methoxy groups -OCH3 is 1. The first-order chi connectivity index (χ1) is 19.5. The van der Waals surface area contributed by atoms with Gasteiger partial charge < -0.3 is 35.1 Å². The number of aliphatic hydroxyl groups is 1. The number of rotatable bonds is 13. The van der Waals surface area contributed by atoms with Crippen molar-refractivity contribution in [2.45, 2.75) is 56.7 Å². The minimum absolute atomic E-state index is 0.126. The van der Waals surface area contributed by atoms with Gasteiger partial charge in [0.15, 0.2) is 6.29 Å². The van der Waals surface area contributed by atoms with E-state index in [0.29, 0.717) is 18.0 Å². The van der Waals surface area contributed by atoms with Crippen LogP contribution in [-0.4, -0.2) is 61.9 Å². The number of ether oxygens (including phenoxy) is 4. The first-order valence-electron chi connectivity index (χ1n) is 13.4. The predicted octanol–water partition coefficient (Wildman–Crippen LogP) is 4.06. The summed E-state index contributed by atoms with van der Waals surface area (Å²) in [6, 6.07) is 24.7. The first-order valence-corrected chi connectivity index (χ1v) is 13.8. The molecule has 0 bridgehead atoms. The van der Waals surface area contributed by atoms with Crippen LogP contribution in [0.2, 0.25) is 5.02 Å². The highest BCUT2D eigenvalue weighted by atomic mass is 35.5. The summed E-state index contributed by atoms with van der Waals surface area (Å²) in [5.74, 6) is -0.225. The minimum Gasteiger partial charge on any atom is -0.388 e. The highest BCUT2D eigenvalue weighted by Gasteiger charge is 2.47. The van der Waals surface area contributed by atoms with Crippen molar-refractivity contribution in [3.63, 3.8) is 0 Å². The Bertz CT molecular complexity index is 1180. The van der Waals surface area contributed by atoms with Gasteiger partial charge in [0.1, 0.15) is 24.4 Å². The Kier molecular flexibility index (Phi) is 11.5. The number of nitrogens with one attached hydrogen (secondary N) is 1. The molecular formula is C31H37ClN2O6. The molecule has 4 rings (SSSR count). The maximum atomic E-state index is 12.8. The standard InChI is InChI=1S/C31H37ClN2O6/c1-37-20-26-29(36)30(38-18-22-11-15-25(32)16-12-22)28(34-27(35)8-5-17-33)31(40-26)39-19-21-9-13-24(14-10-21)23-6-3-2-4-7-23/h2-4,6-7,9-16,26,28-31,36H,5,8,17-20,33H2,1H3,(H,34,35)/t26-,28-,29-,30-,31?/m1/s1. The zero-order chi connectivity index (χ0) is 28.3. The van der Waals surface area contributed by atoms with Gasteiger partial charge in [0.05, 0.1) is 19.8 Å². The molecule has 40 heavy (non-hydrogen) atoms. The molecule has 0 aromatic heterocycles. The van der Waals surface area contributed by atoms with E-state index in [9.17, 15) is 9.90 Å². The van der Waals surface area contributed by atoms with Crippen molar-refractivity contribution >= 4 is 17.5 Å². The van der Waals surface area contributed by atoms with Gasteiger partial charge in [0.25, 0.3) is 0 Å². The van der Waals surface area contributed by atoms with Gasteiger partial charge in [0.2, 0.25) is 5.91 Å². The minimum atomic E-state index is -1.07. The van der Waals surface area contributed by atoms with E-state index in [-0.39, 0.29) is 32.1 Å². The number of nitrogens with two attached hydrogens (primary N) is 1. The van der Waals surface area contributed by atoms with E-state index in [1.165, 1.54) is 7.11 Å². The molecule has 4 N–H and O–H groups in total. The average Bonchev–Trinajstić information content (AvgIpc) is 2.98. The molecule has 3 aromatic carbocycles. The van der Waals surface area contributed by atoms with Crippen LogP contribution in [0.4, 0.5) is 0 Å². The van der Waals surface area contributed by atoms with E-state index < -0.39 is 30.6 Å². The quantitative estimate of drug-likeness (QED) is 0.285. The lowest BCUT2D eigenvalue weighted by molar-refractivity contribution is -0.282. The maximum Gasteiger partial charge on any atom is 0.220 e. The van der Waals surface area contributed by atoms with Crippen molar-refractivity contribution in [3.05, 3.63) is 95.0 Å². The Labute approximate surface area is 240 Å². The molecule has 0 aliphatic carbocycles. The predicted molar refractivity (Wildman–Crippen MR) is 153 cm³/mol. The van der Waals surface area contributed by atoms with Crippen molar-refractivity contribution in [2.75, 3.05) is 20.3 Å². The van der Waals surface area contributed by atoms with Crippen LogP contribution in [0, 0.1) is 0 Å². The summed E-state index contributed by atoms with van der Waals surface area (Å²) in [7, 11) is 1.53. The first kappa shape index (κ1) is 30.1. The Morgan fingerprint density at radius 1 is 0.950 bits per heavy atom. The van der Waals surface area contributed by atoms with Crippen molar-refractivity contribution in [2.24, 2.45) is 5.73 Å². The molecule has 8 nitrogen and oxygen atoms in total. The summed E-state index contributed by atoms with van der Waals surface area (Å²) in [6.07, 6.45) is -2.74. The van der Waals surface area contributed by atoms with Gasteiger partial charge in [-0.1, -0.05) is 78.3 Å². The third-order valence-corrected chi connectivity index (χ3v) is 7.02. The summed E-state index contributed by atoms with van der Waals surface area (Å²) >= 11 is 6.02. The second kappa shape index (κ2) is 15.3. The Morgan fingerprint density at radius 3 is 2.23 bits per heavy atom. The lowest BCUT2D eigenvalue weighted by atomic mass is 9.96. The number of carbonyl (C=O) groups excluding carboxylic acids is 1. The third-order valence-electron chi connectivity index (χ3n) is 6.77. The van der Waals surface area contributed by atoms with Crippen LogP contribution >= 0.6 is 11.6 Å². The number of hydrogen-bond donors (Lipinski definition) is 3. The fourth-order valence-electron chi connectivity index (χ4n) is 4.61. The summed E-state index contributed by atoms with van der Waals surface area (Å²) in [5, 5.41) is 14.8. The normalized spacial score (nSPS) is 22.6. The molecule has 0 saturated carbocycles. The summed E-state index contributed by atoms with van der Waals surface area (Å²) in [5.41, 5.74) is 9.64. The van der Waals surface area contributed by atoms with Crippen LogP contribution in [0.3, 0.4) is 0 Å². The van der Waals surface area contributed by atoms with Gasteiger partial charge in [-0.2, -0.15) is 0 Å². The second-order valence-corrected chi connectivity index (χ2v) is 10.2. The van der Waals surface area contributed by atoms with E-state index in [0.717, 1.165) is 22.3 Å². The van der Waals surface area contributed by atoms with Crippen molar-refractivity contribution in [3.8, 4) is 11.1 Å². The monoisotopic (exact) mass is 568 g/mol. The molecule has 1 aliphatic heterocycles. The van der Waals surface area contributed by atoms with E-state index >= 15 is 0 Å². The fraction of sp³-hybridized carbons (Fsp3) is 0.387. The number of benzene rings is 3. The fourth-order valence-corrected chi connectivity index (χ4v) is 4.74. The molecule has 0 radical (unpaired) electrons. The number of halogens is 1. The average molecular weight is 569 g/mol. The van der Waals surface area contributed by atoms with Gasteiger partial charge in [-0.05, 0) is 47.4 Å². The van der Waals surface area contributed by atoms with Gasteiger partial charge >= 0.3 is 0 Å². The van der Waals surface area contributed by atoms with Crippen molar-refractivity contribution in [1.82, 2.24) is 5.32 Å². The Morgan fingerprint density at radius 2 is 1.57 bits per heavy atom. The third kappa shape index (κ3) is 8.34. The molecule has 1 saturated heterocycles. The molecule has 5 atom stereocenters. The molecule has 1 amide bonds. The zero-order valence-corrected chi connectivity index (χ0v) is 23.3. The Balaban J connectivity index is 1.51. The van der Waals surface area contributed by atoms with Gasteiger partial charge in [-0.25, -0.2) is 0 Å². The van der Waals surface area contributed by atoms with Crippen LogP contribution in [0.1, 0.15) is 24.0 Å². The van der Waals surface area contributed by atoms with Crippen LogP contribution in [0.15, 0.2) is 78.9 Å². The number of hydrogen-bond acceptors (Lipinski definition) is 7. The molecule has 9 heteroatoms. The van der Waals surface area contributed by atoms with Crippen molar-refractivity contribution < 1.29 is 28.8 Å². The summed E-state index contributed by atoms with van der Waals surface area (Å²) < 4.78 is 23.9. The van der Waals surface area contributed by atoms with Crippen LogP contribution < -0.4 is 11.1 Å². The van der Waals surface area contributed by atoms with Gasteiger partial charge in [-0.3, -0.25) is 4.79 Å². The van der Waals surface area contributed by atoms with E-state index in [1.54, 1.807) is 12.1 Å². The molecule has 1 aliphatic rings. The lowest BCUT2D eigenvalue weighted by Crippen LogP contribution is -2.65. The smallest absolute Gasteiger partial charge is 0.220 e. The van der Waals surface area contributed by atoms with Crippen LogP contribution in [-0.2, 0) is 37.0 Å². The van der Waals surface area contributed by atoms with E-state index in [2.05, 4.69) is 17.4 Å². The molecule has 1 heterocycles. The Hall–Kier alpha value is -2.82. The maximum absolute atomic E-state index is 12.8. The number of aliphatic hydroxyl groups excluding tert-OH is 1. The highest BCUT2D eigenvalue weighted by molar-refractivity contribution is 6.30. The van der Waals surface area contributed by atoms with E-state index in [4.69, 9.17) is 36.3 Å². The number of carbonyl (C=O) groups is 1. The number of amides is 1. The summed E-state index contributed by atoms with van der Waals surface area (Å²) in [6.45, 7) is 0.944. The zero-order valence-electron chi connectivity index (χ0n) is 22.6. The molecule has 1 fully saturated rings. The molecule has 0 spiro atoms. The SMILES string of the molecule is COC[C@H]1OC(OCc2ccc(-c3ccccc3)cc2)[C@H](NC(=O)CCCN)[C@@H](OCc2ccc(Cl)cc2)[C@@H]1O. The van der Waals surface area contributed by atoms with E-state index in [1.807, 2.05) is 54.6 Å².